The maximum absolute atomic E-state index is 5.19. The third-order valence-electron chi connectivity index (χ3n) is 14.5. The lowest BCUT2D eigenvalue weighted by Gasteiger charge is -2.34. The van der Waals surface area contributed by atoms with E-state index in [1.54, 1.807) is 0 Å². The smallest absolute Gasteiger partial charge is 0.164 e. The first kappa shape index (κ1) is 44.3. The SMILES string of the molecule is CN1C(c2ccc(-c3ccc4c(c3)-c3cc(-c5ccc(-c6nc(-c7ccccc7)nc(-c7ccccc7)n6)cc5)ccc3C4(c3ccccc3)c3ccccc3)cc2)=NC(c2ccccc2)=NC1c1ccccc1. The van der Waals surface area contributed by atoms with Gasteiger partial charge in [-0.2, -0.15) is 0 Å². The van der Waals surface area contributed by atoms with E-state index >= 15 is 0 Å². The first-order chi connectivity index (χ1) is 36.6. The van der Waals surface area contributed by atoms with E-state index in [9.17, 15) is 0 Å². The molecule has 0 radical (unpaired) electrons. The van der Waals surface area contributed by atoms with Gasteiger partial charge in [-0.1, -0.05) is 255 Å². The van der Waals surface area contributed by atoms with E-state index in [0.717, 1.165) is 67.3 Å². The van der Waals surface area contributed by atoms with Gasteiger partial charge in [-0.15, -0.1) is 0 Å². The number of hydrogen-bond donors (Lipinski definition) is 0. The molecule has 1 aliphatic carbocycles. The molecule has 1 aromatic heterocycles. The van der Waals surface area contributed by atoms with Crippen LogP contribution in [0, 0.1) is 0 Å². The van der Waals surface area contributed by atoms with Crippen molar-refractivity contribution in [2.24, 2.45) is 9.98 Å². The van der Waals surface area contributed by atoms with Crippen LogP contribution in [0.3, 0.4) is 0 Å². The van der Waals surface area contributed by atoms with E-state index in [1.165, 1.54) is 33.4 Å². The number of rotatable bonds is 10. The lowest BCUT2D eigenvalue weighted by atomic mass is 9.67. The summed E-state index contributed by atoms with van der Waals surface area (Å²) in [5, 5.41) is 0. The Bertz CT molecular complexity index is 3770. The largest absolute Gasteiger partial charge is 0.333 e. The minimum atomic E-state index is -0.541. The second kappa shape index (κ2) is 18.8. The van der Waals surface area contributed by atoms with Crippen LogP contribution in [0.15, 0.2) is 277 Å². The number of aromatic nitrogens is 3. The number of hydrogen-bond acceptors (Lipinski definition) is 6. The van der Waals surface area contributed by atoms with Crippen molar-refractivity contribution in [2.45, 2.75) is 11.6 Å². The molecule has 74 heavy (non-hydrogen) atoms. The zero-order valence-electron chi connectivity index (χ0n) is 40.7. The summed E-state index contributed by atoms with van der Waals surface area (Å²) in [5.74, 6) is 3.51. The Morgan fingerprint density at radius 3 is 1.14 bits per heavy atom. The topological polar surface area (TPSA) is 66.6 Å². The molecular formula is C68H48N6. The van der Waals surface area contributed by atoms with E-state index in [4.69, 9.17) is 24.9 Å². The summed E-state index contributed by atoms with van der Waals surface area (Å²) in [6.07, 6.45) is -0.218. The number of aliphatic imine (C=N–C) groups is 2. The van der Waals surface area contributed by atoms with Crippen LogP contribution in [0.5, 0.6) is 0 Å². The molecule has 0 saturated carbocycles. The summed E-state index contributed by atoms with van der Waals surface area (Å²) < 4.78 is 0. The summed E-state index contributed by atoms with van der Waals surface area (Å²) in [6, 6.07) is 94.4. The summed E-state index contributed by atoms with van der Waals surface area (Å²) in [6.45, 7) is 0. The lowest BCUT2D eigenvalue weighted by molar-refractivity contribution is 0.383. The fourth-order valence-corrected chi connectivity index (χ4v) is 10.9. The molecule has 2 heterocycles. The predicted octanol–water partition coefficient (Wildman–Crippen LogP) is 15.4. The Morgan fingerprint density at radius 1 is 0.338 bits per heavy atom. The molecule has 0 N–H and O–H groups in total. The average molecular weight is 949 g/mol. The summed E-state index contributed by atoms with van der Waals surface area (Å²) >= 11 is 0. The second-order valence-electron chi connectivity index (χ2n) is 18.8. The Balaban J connectivity index is 0.900. The third kappa shape index (κ3) is 7.90. The van der Waals surface area contributed by atoms with Gasteiger partial charge in [0.05, 0.1) is 5.41 Å². The van der Waals surface area contributed by atoms with Crippen molar-refractivity contribution in [3.8, 4) is 67.5 Å². The Kier molecular flexibility index (Phi) is 11.3. The van der Waals surface area contributed by atoms with Gasteiger partial charge >= 0.3 is 0 Å². The van der Waals surface area contributed by atoms with Gasteiger partial charge < -0.3 is 4.90 Å². The Labute approximate surface area is 431 Å². The van der Waals surface area contributed by atoms with Crippen molar-refractivity contribution >= 4 is 11.7 Å². The number of amidine groups is 2. The van der Waals surface area contributed by atoms with E-state index in [2.05, 4.69) is 194 Å². The molecule has 1 atom stereocenters. The molecule has 13 rings (SSSR count). The monoisotopic (exact) mass is 948 g/mol. The molecule has 1 aliphatic heterocycles. The highest BCUT2D eigenvalue weighted by molar-refractivity contribution is 6.13. The normalized spacial score (nSPS) is 14.4. The molecule has 2 aliphatic rings. The molecular weight excluding hydrogens is 901 g/mol. The minimum absolute atomic E-state index is 0.218. The second-order valence-corrected chi connectivity index (χ2v) is 18.8. The average Bonchev–Trinajstić information content (AvgIpc) is 3.78. The van der Waals surface area contributed by atoms with Crippen molar-refractivity contribution in [3.05, 3.63) is 306 Å². The van der Waals surface area contributed by atoms with E-state index < -0.39 is 5.41 Å². The van der Waals surface area contributed by atoms with E-state index in [-0.39, 0.29) is 6.17 Å². The van der Waals surface area contributed by atoms with Crippen LogP contribution in [0.1, 0.15) is 45.1 Å². The van der Waals surface area contributed by atoms with Crippen molar-refractivity contribution < 1.29 is 0 Å². The Morgan fingerprint density at radius 2 is 0.689 bits per heavy atom. The van der Waals surface area contributed by atoms with Crippen LogP contribution >= 0.6 is 0 Å². The summed E-state index contributed by atoms with van der Waals surface area (Å²) in [4.78, 5) is 27.5. The number of benzene rings is 10. The number of nitrogens with zero attached hydrogens (tertiary/aromatic N) is 6. The molecule has 0 saturated heterocycles. The van der Waals surface area contributed by atoms with Crippen molar-refractivity contribution in [3.63, 3.8) is 0 Å². The van der Waals surface area contributed by atoms with Gasteiger partial charge in [0.2, 0.25) is 0 Å². The molecule has 0 bridgehead atoms. The quantitative estimate of drug-likeness (QED) is 0.137. The molecule has 0 spiro atoms. The van der Waals surface area contributed by atoms with Gasteiger partial charge in [0.15, 0.2) is 23.3 Å². The van der Waals surface area contributed by atoms with Crippen LogP contribution in [0.4, 0.5) is 0 Å². The fourth-order valence-electron chi connectivity index (χ4n) is 10.9. The van der Waals surface area contributed by atoms with Gasteiger partial charge in [-0.3, -0.25) is 0 Å². The van der Waals surface area contributed by atoms with Crippen molar-refractivity contribution in [1.82, 2.24) is 19.9 Å². The predicted molar refractivity (Wildman–Crippen MR) is 301 cm³/mol. The molecule has 0 amide bonds. The summed E-state index contributed by atoms with van der Waals surface area (Å²) in [5.41, 5.74) is 17.3. The highest BCUT2D eigenvalue weighted by atomic mass is 15.3. The third-order valence-corrected chi connectivity index (χ3v) is 14.5. The molecule has 350 valence electrons. The van der Waals surface area contributed by atoms with Crippen LogP contribution in [-0.2, 0) is 5.41 Å². The molecule has 6 heteroatoms. The van der Waals surface area contributed by atoms with Crippen LogP contribution in [-0.4, -0.2) is 38.6 Å². The van der Waals surface area contributed by atoms with Gasteiger partial charge in [0.25, 0.3) is 0 Å². The standard InChI is InChI=1S/C68H48N6/c1-74-66(52-26-14-5-15-27-52)72-65(50-24-12-4-13-25-50)73-67(74)53-38-34-47(35-39-53)55-41-43-61-59(45-55)58-44-54(40-42-60(58)68(61,56-28-16-6-17-29-56)57-30-18-7-19-31-57)46-32-36-51(37-33-46)64-70-62(48-20-8-2-9-21-48)69-63(71-64)49-22-10-3-11-23-49/h2-45,66H,1H3. The molecule has 1 unspecified atom stereocenters. The zero-order valence-corrected chi connectivity index (χ0v) is 40.7. The van der Waals surface area contributed by atoms with Crippen LogP contribution < -0.4 is 0 Å². The minimum Gasteiger partial charge on any atom is -0.333 e. The van der Waals surface area contributed by atoms with Crippen LogP contribution in [0.25, 0.3) is 67.5 Å². The fraction of sp³-hybridized carbons (Fsp3) is 0.0441. The van der Waals surface area contributed by atoms with Crippen molar-refractivity contribution in [2.75, 3.05) is 7.05 Å². The maximum atomic E-state index is 5.19. The van der Waals surface area contributed by atoms with Crippen LogP contribution in [0.2, 0.25) is 0 Å². The summed E-state index contributed by atoms with van der Waals surface area (Å²) in [7, 11) is 2.08. The molecule has 11 aromatic rings. The van der Waals surface area contributed by atoms with Gasteiger partial charge in [0.1, 0.15) is 12.0 Å². The first-order valence-corrected chi connectivity index (χ1v) is 25.1. The van der Waals surface area contributed by atoms with Gasteiger partial charge in [-0.25, -0.2) is 24.9 Å². The molecule has 6 nitrogen and oxygen atoms in total. The molecule has 0 fully saturated rings. The Hall–Kier alpha value is -9.65. The maximum Gasteiger partial charge on any atom is 0.164 e. The van der Waals surface area contributed by atoms with Crippen molar-refractivity contribution in [1.29, 1.82) is 0 Å². The van der Waals surface area contributed by atoms with E-state index in [1.807, 2.05) is 84.9 Å². The highest BCUT2D eigenvalue weighted by Crippen LogP contribution is 2.57. The van der Waals surface area contributed by atoms with E-state index in [0.29, 0.717) is 17.5 Å². The lowest BCUT2D eigenvalue weighted by Crippen LogP contribution is -2.35. The highest BCUT2D eigenvalue weighted by Gasteiger charge is 2.46. The zero-order chi connectivity index (χ0) is 49.4. The number of fused-ring (bicyclic) bond motifs is 3. The molecule has 10 aromatic carbocycles. The van der Waals surface area contributed by atoms with Gasteiger partial charge in [-0.05, 0) is 73.3 Å². The first-order valence-electron chi connectivity index (χ1n) is 25.1. The van der Waals surface area contributed by atoms with Gasteiger partial charge in [0, 0.05) is 34.9 Å².